The van der Waals surface area contributed by atoms with Crippen LogP contribution in [0.3, 0.4) is 0 Å². The molecular weight excluding hydrogens is 252 g/mol. The van der Waals surface area contributed by atoms with E-state index in [-0.39, 0.29) is 6.42 Å². The van der Waals surface area contributed by atoms with Crippen LogP contribution in [0.5, 0.6) is 0 Å². The Balaban J connectivity index is 1.99. The zero-order valence-electron chi connectivity index (χ0n) is 10.4. The van der Waals surface area contributed by atoms with Crippen molar-refractivity contribution in [3.8, 4) is 0 Å². The Morgan fingerprint density at radius 1 is 1.63 bits per heavy atom. The van der Waals surface area contributed by atoms with Gasteiger partial charge in [0.15, 0.2) is 5.82 Å². The second-order valence-electron chi connectivity index (χ2n) is 4.01. The summed E-state index contributed by atoms with van der Waals surface area (Å²) in [6.07, 6.45) is 2.41. The first-order chi connectivity index (χ1) is 9.08. The number of nitrogens with two attached hydrogens (primary N) is 1. The maximum absolute atomic E-state index is 10.6. The molecule has 9 nitrogen and oxygen atoms in total. The van der Waals surface area contributed by atoms with Crippen LogP contribution in [0.4, 0.5) is 0 Å². The van der Waals surface area contributed by atoms with Crippen LogP contribution in [0, 0.1) is 0 Å². The molecule has 0 amide bonds. The molecule has 0 aliphatic heterocycles. The Morgan fingerprint density at radius 2 is 2.42 bits per heavy atom. The average molecular weight is 266 g/mol. The lowest BCUT2D eigenvalue weighted by Crippen LogP contribution is -2.32. The normalized spacial score (nSPS) is 12.5. The minimum atomic E-state index is -1.07. The van der Waals surface area contributed by atoms with Crippen molar-refractivity contribution in [3.05, 3.63) is 23.6 Å². The van der Waals surface area contributed by atoms with E-state index in [0.29, 0.717) is 30.4 Å². The summed E-state index contributed by atoms with van der Waals surface area (Å²) in [7, 11) is 0. The van der Waals surface area contributed by atoms with Crippen LogP contribution in [0.2, 0.25) is 0 Å². The molecule has 0 aliphatic rings. The smallest absolute Gasteiger partial charge is 0.320 e. The van der Waals surface area contributed by atoms with Gasteiger partial charge >= 0.3 is 5.97 Å². The lowest BCUT2D eigenvalue weighted by atomic mass is 10.2. The van der Waals surface area contributed by atoms with Crippen molar-refractivity contribution in [1.29, 1.82) is 0 Å². The second-order valence-corrected chi connectivity index (χ2v) is 4.01. The highest BCUT2D eigenvalue weighted by Crippen LogP contribution is 2.02. The Bertz CT molecular complexity index is 563. The number of rotatable bonds is 6. The number of carboxylic acids is 1. The van der Waals surface area contributed by atoms with Gasteiger partial charge in [-0.2, -0.15) is 4.98 Å². The van der Waals surface area contributed by atoms with Gasteiger partial charge in [-0.1, -0.05) is 17.3 Å². The summed E-state index contributed by atoms with van der Waals surface area (Å²) < 4.78 is 6.48. The summed E-state index contributed by atoms with van der Waals surface area (Å²) >= 11 is 0. The number of aromatic nitrogens is 5. The number of aliphatic carboxylic acids is 1. The van der Waals surface area contributed by atoms with Gasteiger partial charge in [0.1, 0.15) is 12.6 Å². The van der Waals surface area contributed by atoms with Crippen molar-refractivity contribution >= 4 is 5.97 Å². The van der Waals surface area contributed by atoms with Crippen LogP contribution in [-0.2, 0) is 24.2 Å². The molecule has 2 aromatic rings. The van der Waals surface area contributed by atoms with E-state index in [4.69, 9.17) is 15.4 Å². The molecule has 2 aromatic heterocycles. The van der Waals surface area contributed by atoms with Crippen LogP contribution in [0.1, 0.15) is 24.3 Å². The van der Waals surface area contributed by atoms with Crippen molar-refractivity contribution in [3.63, 3.8) is 0 Å². The standard InChI is InChI=1S/C10H14N6O3/c1-2-9-12-8(14-19-9)5-16-4-6(13-15-16)3-7(11)10(17)18/h4,7H,2-3,5,11H2,1H3,(H,17,18). The highest BCUT2D eigenvalue weighted by atomic mass is 16.5. The van der Waals surface area contributed by atoms with Crippen molar-refractivity contribution < 1.29 is 14.4 Å². The van der Waals surface area contributed by atoms with E-state index in [1.807, 2.05) is 6.92 Å². The van der Waals surface area contributed by atoms with Gasteiger partial charge in [0.2, 0.25) is 5.89 Å². The van der Waals surface area contributed by atoms with E-state index in [2.05, 4.69) is 20.5 Å². The zero-order valence-corrected chi connectivity index (χ0v) is 10.4. The van der Waals surface area contributed by atoms with Crippen LogP contribution in [0.15, 0.2) is 10.7 Å². The number of aryl methyl sites for hydroxylation is 1. The second kappa shape index (κ2) is 5.57. The van der Waals surface area contributed by atoms with E-state index in [1.165, 1.54) is 4.68 Å². The molecule has 0 aromatic carbocycles. The van der Waals surface area contributed by atoms with Crippen molar-refractivity contribution in [2.75, 3.05) is 0 Å². The molecule has 0 spiro atoms. The molecular formula is C10H14N6O3. The third-order valence-electron chi connectivity index (χ3n) is 2.45. The summed E-state index contributed by atoms with van der Waals surface area (Å²) in [4.78, 5) is 14.8. The fraction of sp³-hybridized carbons (Fsp3) is 0.500. The van der Waals surface area contributed by atoms with Gasteiger partial charge in [0, 0.05) is 19.0 Å². The zero-order chi connectivity index (χ0) is 13.8. The Labute approximate surface area is 108 Å². The summed E-state index contributed by atoms with van der Waals surface area (Å²) in [6, 6.07) is -0.984. The number of carbonyl (C=O) groups is 1. The first kappa shape index (κ1) is 13.1. The van der Waals surface area contributed by atoms with Gasteiger partial charge in [-0.25, -0.2) is 4.68 Å². The lowest BCUT2D eigenvalue weighted by Gasteiger charge is -2.01. The molecule has 1 unspecified atom stereocenters. The molecule has 0 bridgehead atoms. The molecule has 0 radical (unpaired) electrons. The Hall–Kier alpha value is -2.29. The fourth-order valence-corrected chi connectivity index (χ4v) is 1.46. The quantitative estimate of drug-likeness (QED) is 0.696. The molecule has 19 heavy (non-hydrogen) atoms. The van der Waals surface area contributed by atoms with E-state index in [1.54, 1.807) is 6.20 Å². The topological polar surface area (TPSA) is 133 Å². The number of carboxylic acid groups (broad SMARTS) is 1. The maximum Gasteiger partial charge on any atom is 0.320 e. The molecule has 2 rings (SSSR count). The van der Waals surface area contributed by atoms with Gasteiger partial charge in [0.25, 0.3) is 0 Å². The monoisotopic (exact) mass is 266 g/mol. The molecule has 0 fully saturated rings. The first-order valence-corrected chi connectivity index (χ1v) is 5.77. The van der Waals surface area contributed by atoms with Gasteiger partial charge in [-0.15, -0.1) is 5.10 Å². The minimum Gasteiger partial charge on any atom is -0.480 e. The van der Waals surface area contributed by atoms with E-state index < -0.39 is 12.0 Å². The molecule has 0 aliphatic carbocycles. The summed E-state index contributed by atoms with van der Waals surface area (Å²) in [5.74, 6) is -0.0145. The van der Waals surface area contributed by atoms with Crippen LogP contribution >= 0.6 is 0 Å². The summed E-state index contributed by atoms with van der Waals surface area (Å²) in [6.45, 7) is 2.23. The molecule has 102 valence electrons. The molecule has 0 saturated carbocycles. The highest BCUT2D eigenvalue weighted by molar-refractivity contribution is 5.73. The Kier molecular flexibility index (Phi) is 3.85. The summed E-state index contributed by atoms with van der Waals surface area (Å²) in [5, 5.41) is 20.2. The average Bonchev–Trinajstić information content (AvgIpc) is 2.99. The lowest BCUT2D eigenvalue weighted by molar-refractivity contribution is -0.138. The van der Waals surface area contributed by atoms with Crippen LogP contribution in [-0.4, -0.2) is 42.3 Å². The van der Waals surface area contributed by atoms with Gasteiger partial charge < -0.3 is 15.4 Å². The van der Waals surface area contributed by atoms with Crippen LogP contribution in [0.25, 0.3) is 0 Å². The predicted octanol–water partition coefficient (Wildman–Crippen LogP) is -0.774. The third-order valence-corrected chi connectivity index (χ3v) is 2.45. The molecule has 2 heterocycles. The highest BCUT2D eigenvalue weighted by Gasteiger charge is 2.15. The minimum absolute atomic E-state index is 0.127. The van der Waals surface area contributed by atoms with E-state index in [0.717, 1.165) is 0 Å². The third kappa shape index (κ3) is 3.35. The fourth-order valence-electron chi connectivity index (χ4n) is 1.46. The van der Waals surface area contributed by atoms with Gasteiger partial charge in [-0.3, -0.25) is 4.79 Å². The molecule has 9 heteroatoms. The van der Waals surface area contributed by atoms with Gasteiger partial charge in [-0.05, 0) is 0 Å². The van der Waals surface area contributed by atoms with Crippen molar-refractivity contribution in [1.82, 2.24) is 25.1 Å². The molecule has 1 atom stereocenters. The first-order valence-electron chi connectivity index (χ1n) is 5.77. The number of nitrogens with zero attached hydrogens (tertiary/aromatic N) is 5. The Morgan fingerprint density at radius 3 is 3.05 bits per heavy atom. The number of hydrogen-bond acceptors (Lipinski definition) is 7. The van der Waals surface area contributed by atoms with E-state index >= 15 is 0 Å². The summed E-state index contributed by atoms with van der Waals surface area (Å²) in [5.41, 5.74) is 5.92. The maximum atomic E-state index is 10.6. The largest absolute Gasteiger partial charge is 0.480 e. The van der Waals surface area contributed by atoms with Crippen molar-refractivity contribution in [2.45, 2.75) is 32.4 Å². The van der Waals surface area contributed by atoms with Gasteiger partial charge in [0.05, 0.1) is 5.69 Å². The van der Waals surface area contributed by atoms with Crippen molar-refractivity contribution in [2.24, 2.45) is 5.73 Å². The molecule has 3 N–H and O–H groups in total. The SMILES string of the molecule is CCc1nc(Cn2cc(CC(N)C(=O)O)nn2)no1. The predicted molar refractivity (Wildman–Crippen MR) is 62.1 cm³/mol. The molecule has 0 saturated heterocycles. The van der Waals surface area contributed by atoms with Crippen LogP contribution < -0.4 is 5.73 Å². The van der Waals surface area contributed by atoms with E-state index in [9.17, 15) is 4.79 Å². The number of hydrogen-bond donors (Lipinski definition) is 2.